The Balaban J connectivity index is 0.00000200. The van der Waals surface area contributed by atoms with Crippen LogP contribution in [0, 0.1) is 0 Å². The molecule has 0 atom stereocenters. The van der Waals surface area contributed by atoms with E-state index in [9.17, 15) is 0 Å². The largest absolute Gasteiger partial charge is 1.00 e. The summed E-state index contributed by atoms with van der Waals surface area (Å²) in [6.45, 7) is 2.23. The van der Waals surface area contributed by atoms with Crippen LogP contribution in [0.4, 0.5) is 0 Å². The number of halogens is 2. The molecule has 0 unspecified atom stereocenters. The second-order valence-corrected chi connectivity index (χ2v) is 11.1. The second-order valence-electron chi connectivity index (χ2n) is 5.82. The van der Waals surface area contributed by atoms with Crippen LogP contribution in [-0.2, 0) is 22.9 Å². The molecule has 0 aromatic rings. The molecule has 0 radical (unpaired) electrons. The van der Waals surface area contributed by atoms with Crippen LogP contribution in [0.1, 0.15) is 12.8 Å². The molecule has 21 heavy (non-hydrogen) atoms. The quantitative estimate of drug-likeness (QED) is 0.357. The summed E-state index contributed by atoms with van der Waals surface area (Å²) in [5.41, 5.74) is 3.22. The first-order valence-electron chi connectivity index (χ1n) is 6.90. The molecule has 2 aliphatic rings. The predicted molar refractivity (Wildman–Crippen MR) is 78.7 cm³/mol. The molecule has 2 aliphatic carbocycles. The van der Waals surface area contributed by atoms with Gasteiger partial charge in [0.25, 0.3) is 0 Å². The molecule has 2 nitrogen and oxygen atoms in total. The van der Waals surface area contributed by atoms with E-state index in [1.807, 2.05) is 6.66 Å². The zero-order valence-electron chi connectivity index (χ0n) is 13.3. The van der Waals surface area contributed by atoms with E-state index in [1.54, 1.807) is 11.1 Å². The normalized spacial score (nSPS) is 16.7. The first-order valence-corrected chi connectivity index (χ1v) is 10.5. The van der Waals surface area contributed by atoms with E-state index in [1.165, 1.54) is 12.8 Å². The van der Waals surface area contributed by atoms with Crippen molar-refractivity contribution in [1.29, 1.82) is 0 Å². The zero-order valence-corrected chi connectivity index (χ0v) is 18.4. The number of nitrogens with zero attached hydrogens (tertiary/aromatic N) is 2. The summed E-state index contributed by atoms with van der Waals surface area (Å²) in [5, 5.41) is 0. The van der Waals surface area contributed by atoms with Gasteiger partial charge in [0.05, 0.1) is 0 Å². The first kappa shape index (κ1) is 21.3. The van der Waals surface area contributed by atoms with Gasteiger partial charge in [0, 0.05) is 0 Å². The van der Waals surface area contributed by atoms with Gasteiger partial charge in [0.1, 0.15) is 0 Å². The number of likely N-dealkylation sites (N-methyl/N-ethyl adjacent to an activating group) is 2. The summed E-state index contributed by atoms with van der Waals surface area (Å²) in [7, 11) is 8.66. The Bertz CT molecular complexity index is 421. The smallest absolute Gasteiger partial charge is 1.00 e. The van der Waals surface area contributed by atoms with E-state index in [2.05, 4.69) is 62.3 Å². The monoisotopic (exact) mass is 494 g/mol. The van der Waals surface area contributed by atoms with Crippen molar-refractivity contribution in [3.8, 4) is 0 Å². The Kier molecular flexibility index (Phi) is 10.3. The van der Waals surface area contributed by atoms with Gasteiger partial charge in [-0.25, -0.2) is 0 Å². The van der Waals surface area contributed by atoms with Gasteiger partial charge in [-0.05, 0) is 0 Å². The Morgan fingerprint density at radius 1 is 0.810 bits per heavy atom. The standard InChI is InChI=1S/2C8H12N.2ClH.Hf/c2*1-9(2)7-8-5-3-4-6-8;;;/h2*3,5H,4,7H2,1-2H3;2*1H;/q;;;;+2/p-2. The van der Waals surface area contributed by atoms with Crippen molar-refractivity contribution in [3.63, 3.8) is 0 Å². The van der Waals surface area contributed by atoms with Crippen LogP contribution >= 0.6 is 0 Å². The van der Waals surface area contributed by atoms with Crippen LogP contribution in [0.5, 0.6) is 0 Å². The summed E-state index contributed by atoms with van der Waals surface area (Å²) in [4.78, 5) is 4.58. The third kappa shape index (κ3) is 6.54. The van der Waals surface area contributed by atoms with E-state index in [4.69, 9.17) is 0 Å². The molecule has 0 aliphatic heterocycles. The molecule has 0 amide bonds. The molecule has 0 aromatic heterocycles. The van der Waals surface area contributed by atoms with Crippen LogP contribution < -0.4 is 24.8 Å². The molecule has 0 heterocycles. The molecule has 116 valence electrons. The maximum atomic E-state index is 2.36. The Morgan fingerprint density at radius 3 is 1.52 bits per heavy atom. The van der Waals surface area contributed by atoms with Crippen LogP contribution in [0.3, 0.4) is 0 Å². The van der Waals surface area contributed by atoms with Gasteiger partial charge >= 0.3 is 129 Å². The van der Waals surface area contributed by atoms with E-state index < -0.39 is 22.9 Å². The second kappa shape index (κ2) is 10.2. The maximum absolute atomic E-state index is 2.36. The van der Waals surface area contributed by atoms with Crippen LogP contribution in [-0.4, -0.2) is 51.1 Å². The summed E-state index contributed by atoms with van der Waals surface area (Å²) in [6.07, 6.45) is 11.9. The van der Waals surface area contributed by atoms with Gasteiger partial charge in [0.15, 0.2) is 0 Å². The molecule has 0 aromatic carbocycles. The molecule has 0 bridgehead atoms. The molecule has 0 saturated heterocycles. The first-order chi connectivity index (χ1) is 9.06. The predicted octanol–water partition coefficient (Wildman–Crippen LogP) is -3.37. The number of allylic oxidation sites excluding steroid dienone is 4. The van der Waals surface area contributed by atoms with Gasteiger partial charge < -0.3 is 24.8 Å². The van der Waals surface area contributed by atoms with E-state index in [0.717, 1.165) is 13.1 Å². The minimum absolute atomic E-state index is 0. The molecule has 0 N–H and O–H groups in total. The van der Waals surface area contributed by atoms with Crippen molar-refractivity contribution in [2.75, 3.05) is 41.3 Å². The molecular weight excluding hydrogens is 470 g/mol. The third-order valence-electron chi connectivity index (χ3n) is 3.33. The maximum Gasteiger partial charge on any atom is -1.00 e. The summed E-state index contributed by atoms with van der Waals surface area (Å²) < 4.78 is 3.62. The average Bonchev–Trinajstić information content (AvgIpc) is 2.89. The average molecular weight is 494 g/mol. The number of hydrogen-bond acceptors (Lipinski definition) is 2. The molecule has 0 spiro atoms. The molecule has 0 saturated carbocycles. The fourth-order valence-corrected chi connectivity index (χ4v) is 7.73. The van der Waals surface area contributed by atoms with E-state index in [0.29, 0.717) is 0 Å². The third-order valence-corrected chi connectivity index (χ3v) is 9.27. The minimum Gasteiger partial charge on any atom is -1.00 e. The Hall–Kier alpha value is 0.330. The summed E-state index contributed by atoms with van der Waals surface area (Å²) in [5.74, 6) is 0. The molecule has 2 rings (SSSR count). The molecule has 5 heteroatoms. The number of hydrogen-bond donors (Lipinski definition) is 0. The van der Waals surface area contributed by atoms with Crippen LogP contribution in [0.25, 0.3) is 0 Å². The van der Waals surface area contributed by atoms with Crippen molar-refractivity contribution >= 4 is 0 Å². The molecular formula is C16H24Cl2HfN2. The van der Waals surface area contributed by atoms with Gasteiger partial charge in [-0.15, -0.1) is 0 Å². The Morgan fingerprint density at radius 2 is 1.19 bits per heavy atom. The SMILES string of the molecule is CN(C)CC1=[C]([Hf+2][C]2=C(CN(C)C)C=CC2)CC=C1.[Cl-].[Cl-]. The molecule has 0 fully saturated rings. The zero-order chi connectivity index (χ0) is 13.8. The van der Waals surface area contributed by atoms with Crippen molar-refractivity contribution in [2.45, 2.75) is 12.8 Å². The van der Waals surface area contributed by atoms with E-state index in [-0.39, 0.29) is 24.8 Å². The number of rotatable bonds is 6. The van der Waals surface area contributed by atoms with Crippen molar-refractivity contribution < 1.29 is 47.7 Å². The minimum atomic E-state index is -0.794. The van der Waals surface area contributed by atoms with Gasteiger partial charge in [0.2, 0.25) is 0 Å². The van der Waals surface area contributed by atoms with Gasteiger partial charge in [-0.1, -0.05) is 0 Å². The Labute approximate surface area is 153 Å². The van der Waals surface area contributed by atoms with Crippen molar-refractivity contribution in [3.05, 3.63) is 42.1 Å². The van der Waals surface area contributed by atoms with E-state index >= 15 is 0 Å². The summed E-state index contributed by atoms with van der Waals surface area (Å²) in [6, 6.07) is 0. The topological polar surface area (TPSA) is 6.48 Å². The van der Waals surface area contributed by atoms with Gasteiger partial charge in [-0.3, -0.25) is 0 Å². The fourth-order valence-electron chi connectivity index (χ4n) is 2.52. The van der Waals surface area contributed by atoms with Crippen molar-refractivity contribution in [1.82, 2.24) is 9.80 Å². The van der Waals surface area contributed by atoms with Gasteiger partial charge in [-0.2, -0.15) is 0 Å². The summed E-state index contributed by atoms with van der Waals surface area (Å²) >= 11 is -0.794. The van der Waals surface area contributed by atoms with Crippen LogP contribution in [0.2, 0.25) is 0 Å². The van der Waals surface area contributed by atoms with Crippen LogP contribution in [0.15, 0.2) is 42.1 Å². The van der Waals surface area contributed by atoms with Crippen molar-refractivity contribution in [2.24, 2.45) is 0 Å². The fraction of sp³-hybridized carbons (Fsp3) is 0.500.